The van der Waals surface area contributed by atoms with Crippen LogP contribution in [0.1, 0.15) is 24.0 Å². The van der Waals surface area contributed by atoms with E-state index in [1.165, 1.54) is 17.8 Å². The standard InChI is InChI=1S/C25H22FN3O2S2/c1-16-9-10-17(12-21(16)26)23-18(14-29(27-23)19-6-3-2-4-7-19)13-22-24(30)28(25(32)33-22)15-20-8-5-11-31-20/h2-4,6-7,9-10,12-14,20H,5,8,11,15H2,1H3/b22-13-/t20-/m1/s1. The van der Waals surface area contributed by atoms with Crippen LogP contribution in [-0.2, 0) is 9.53 Å². The van der Waals surface area contributed by atoms with Gasteiger partial charge < -0.3 is 4.74 Å². The summed E-state index contributed by atoms with van der Waals surface area (Å²) in [5.74, 6) is -0.426. The average molecular weight is 480 g/mol. The second kappa shape index (κ2) is 9.21. The maximum atomic E-state index is 14.3. The van der Waals surface area contributed by atoms with Gasteiger partial charge in [0, 0.05) is 23.9 Å². The number of ether oxygens (including phenoxy) is 1. The van der Waals surface area contributed by atoms with Crippen molar-refractivity contribution in [1.29, 1.82) is 0 Å². The number of halogens is 1. The number of thiocarbonyl (C=S) groups is 1. The third kappa shape index (κ3) is 4.51. The molecule has 0 spiro atoms. The zero-order valence-corrected chi connectivity index (χ0v) is 19.7. The van der Waals surface area contributed by atoms with E-state index in [4.69, 9.17) is 22.1 Å². The van der Waals surface area contributed by atoms with Crippen LogP contribution in [0, 0.1) is 12.7 Å². The molecule has 2 aliphatic heterocycles. The fourth-order valence-corrected chi connectivity index (χ4v) is 5.23. The number of hydrogen-bond donors (Lipinski definition) is 0. The molecule has 0 aliphatic carbocycles. The van der Waals surface area contributed by atoms with Gasteiger partial charge in [-0.2, -0.15) is 5.10 Å². The molecular formula is C25H22FN3O2S2. The molecule has 0 unspecified atom stereocenters. The van der Waals surface area contributed by atoms with E-state index in [9.17, 15) is 9.18 Å². The van der Waals surface area contributed by atoms with Crippen molar-refractivity contribution < 1.29 is 13.9 Å². The molecule has 1 aromatic heterocycles. The lowest BCUT2D eigenvalue weighted by Crippen LogP contribution is -2.35. The van der Waals surface area contributed by atoms with Gasteiger partial charge in [-0.1, -0.05) is 54.3 Å². The molecule has 33 heavy (non-hydrogen) atoms. The predicted octanol–water partition coefficient (Wildman–Crippen LogP) is 5.37. The minimum absolute atomic E-state index is 0.0266. The second-order valence-electron chi connectivity index (χ2n) is 8.10. The molecule has 1 amide bonds. The minimum atomic E-state index is -0.296. The highest BCUT2D eigenvalue weighted by Gasteiger charge is 2.35. The maximum absolute atomic E-state index is 14.3. The van der Waals surface area contributed by atoms with E-state index in [1.54, 1.807) is 28.6 Å². The van der Waals surface area contributed by atoms with Gasteiger partial charge in [0.05, 0.1) is 23.2 Å². The topological polar surface area (TPSA) is 47.4 Å². The van der Waals surface area contributed by atoms with Crippen LogP contribution in [0.2, 0.25) is 0 Å². The lowest BCUT2D eigenvalue weighted by Gasteiger charge is -2.18. The molecule has 3 heterocycles. The first-order chi connectivity index (χ1) is 16.0. The summed E-state index contributed by atoms with van der Waals surface area (Å²) in [6.07, 6.45) is 5.62. The number of aromatic nitrogens is 2. The Balaban J connectivity index is 1.53. The number of amides is 1. The van der Waals surface area contributed by atoms with Crippen LogP contribution in [0.3, 0.4) is 0 Å². The quantitative estimate of drug-likeness (QED) is 0.364. The van der Waals surface area contributed by atoms with Crippen molar-refractivity contribution >= 4 is 40.3 Å². The summed E-state index contributed by atoms with van der Waals surface area (Å²) >= 11 is 6.76. The van der Waals surface area contributed by atoms with Crippen LogP contribution in [0.25, 0.3) is 23.0 Å². The van der Waals surface area contributed by atoms with Gasteiger partial charge in [-0.05, 0) is 49.6 Å². The molecule has 1 atom stereocenters. The maximum Gasteiger partial charge on any atom is 0.266 e. The molecule has 2 fully saturated rings. The first-order valence-corrected chi connectivity index (χ1v) is 12.0. The third-order valence-electron chi connectivity index (χ3n) is 5.78. The van der Waals surface area contributed by atoms with E-state index in [0.29, 0.717) is 32.6 Å². The summed E-state index contributed by atoms with van der Waals surface area (Å²) in [6.45, 7) is 2.92. The first-order valence-electron chi connectivity index (χ1n) is 10.8. The highest BCUT2D eigenvalue weighted by Crippen LogP contribution is 2.35. The van der Waals surface area contributed by atoms with Gasteiger partial charge >= 0.3 is 0 Å². The molecule has 5 rings (SSSR count). The summed E-state index contributed by atoms with van der Waals surface area (Å²) in [4.78, 5) is 15.3. The smallest absolute Gasteiger partial charge is 0.266 e. The number of hydrogen-bond acceptors (Lipinski definition) is 5. The summed E-state index contributed by atoms with van der Waals surface area (Å²) < 4.78 is 22.3. The van der Waals surface area contributed by atoms with E-state index in [0.717, 1.165) is 30.7 Å². The number of thioether (sulfide) groups is 1. The zero-order valence-electron chi connectivity index (χ0n) is 18.0. The lowest BCUT2D eigenvalue weighted by molar-refractivity contribution is -0.123. The predicted molar refractivity (Wildman–Crippen MR) is 133 cm³/mol. The molecule has 0 saturated carbocycles. The minimum Gasteiger partial charge on any atom is -0.376 e. The Morgan fingerprint density at radius 1 is 1.27 bits per heavy atom. The van der Waals surface area contributed by atoms with Gasteiger partial charge in [0.1, 0.15) is 15.8 Å². The number of para-hydroxylation sites is 1. The number of aryl methyl sites for hydroxylation is 1. The second-order valence-corrected chi connectivity index (χ2v) is 9.78. The fourth-order valence-electron chi connectivity index (χ4n) is 3.96. The van der Waals surface area contributed by atoms with Gasteiger partial charge in [0.15, 0.2) is 0 Å². The lowest BCUT2D eigenvalue weighted by atomic mass is 10.1. The molecule has 0 radical (unpaired) electrons. The summed E-state index contributed by atoms with van der Waals surface area (Å²) in [5.41, 5.74) is 3.41. The molecule has 168 valence electrons. The Kier molecular flexibility index (Phi) is 6.14. The van der Waals surface area contributed by atoms with Crippen molar-refractivity contribution in [1.82, 2.24) is 14.7 Å². The summed E-state index contributed by atoms with van der Waals surface area (Å²) in [7, 11) is 0. The Labute approximate surface area is 201 Å². The number of benzene rings is 2. The molecule has 8 heteroatoms. The van der Waals surface area contributed by atoms with E-state index >= 15 is 0 Å². The molecule has 5 nitrogen and oxygen atoms in total. The van der Waals surface area contributed by atoms with E-state index in [1.807, 2.05) is 42.6 Å². The third-order valence-corrected chi connectivity index (χ3v) is 7.16. The molecule has 2 saturated heterocycles. The van der Waals surface area contributed by atoms with Crippen molar-refractivity contribution in [2.75, 3.05) is 13.2 Å². The first kappa shape index (κ1) is 22.0. The number of rotatable bonds is 5. The van der Waals surface area contributed by atoms with Crippen molar-refractivity contribution in [2.24, 2.45) is 0 Å². The molecular weight excluding hydrogens is 457 g/mol. The highest BCUT2D eigenvalue weighted by molar-refractivity contribution is 8.26. The fraction of sp³-hybridized carbons (Fsp3) is 0.240. The van der Waals surface area contributed by atoms with Crippen LogP contribution in [0.15, 0.2) is 59.6 Å². The highest BCUT2D eigenvalue weighted by atomic mass is 32.2. The Bertz CT molecular complexity index is 1250. The number of carbonyl (C=O) groups excluding carboxylic acids is 1. The average Bonchev–Trinajstić information content (AvgIpc) is 3.54. The van der Waals surface area contributed by atoms with Crippen molar-refractivity contribution in [3.63, 3.8) is 0 Å². The molecule has 0 bridgehead atoms. The Morgan fingerprint density at radius 3 is 2.82 bits per heavy atom. The van der Waals surface area contributed by atoms with Crippen LogP contribution in [0.5, 0.6) is 0 Å². The normalized spacial score (nSPS) is 19.8. The van der Waals surface area contributed by atoms with Gasteiger partial charge in [-0.3, -0.25) is 9.69 Å². The van der Waals surface area contributed by atoms with Gasteiger partial charge in [-0.25, -0.2) is 9.07 Å². The van der Waals surface area contributed by atoms with E-state index in [-0.39, 0.29) is 17.8 Å². The largest absolute Gasteiger partial charge is 0.376 e. The number of nitrogens with zero attached hydrogens (tertiary/aromatic N) is 3. The van der Waals surface area contributed by atoms with E-state index in [2.05, 4.69) is 0 Å². The molecule has 2 aliphatic rings. The monoisotopic (exact) mass is 479 g/mol. The Morgan fingerprint density at radius 2 is 2.09 bits per heavy atom. The summed E-state index contributed by atoms with van der Waals surface area (Å²) in [6, 6.07) is 14.7. The number of carbonyl (C=O) groups is 1. The van der Waals surface area contributed by atoms with Crippen LogP contribution < -0.4 is 0 Å². The van der Waals surface area contributed by atoms with Gasteiger partial charge in [0.25, 0.3) is 5.91 Å². The van der Waals surface area contributed by atoms with E-state index < -0.39 is 0 Å². The van der Waals surface area contributed by atoms with Crippen molar-refractivity contribution in [3.05, 3.63) is 76.6 Å². The molecule has 2 aromatic carbocycles. The van der Waals surface area contributed by atoms with Crippen LogP contribution in [-0.4, -0.2) is 44.2 Å². The van der Waals surface area contributed by atoms with Crippen LogP contribution >= 0.6 is 24.0 Å². The molecule has 0 N–H and O–H groups in total. The molecule has 3 aromatic rings. The van der Waals surface area contributed by atoms with Crippen molar-refractivity contribution in [2.45, 2.75) is 25.9 Å². The van der Waals surface area contributed by atoms with Crippen molar-refractivity contribution in [3.8, 4) is 16.9 Å². The van der Waals surface area contributed by atoms with Crippen LogP contribution in [0.4, 0.5) is 4.39 Å². The van der Waals surface area contributed by atoms with Gasteiger partial charge in [-0.15, -0.1) is 0 Å². The zero-order chi connectivity index (χ0) is 22.9. The summed E-state index contributed by atoms with van der Waals surface area (Å²) in [5, 5.41) is 4.73. The Hall–Kier alpha value is -2.81. The SMILES string of the molecule is Cc1ccc(-c2nn(-c3ccccc3)cc2/C=C2\SC(=S)N(C[C@H]3CCCO3)C2=O)cc1F. The van der Waals surface area contributed by atoms with Gasteiger partial charge in [0.2, 0.25) is 0 Å².